The van der Waals surface area contributed by atoms with E-state index in [1.54, 1.807) is 0 Å². The molecule has 0 heterocycles. The summed E-state index contributed by atoms with van der Waals surface area (Å²) in [6.45, 7) is 0. The van der Waals surface area contributed by atoms with Crippen LogP contribution in [0.15, 0.2) is 0 Å². The lowest BCUT2D eigenvalue weighted by Gasteiger charge is -2.21. The summed E-state index contributed by atoms with van der Waals surface area (Å²) in [4.78, 5) is 9.97. The zero-order valence-corrected chi connectivity index (χ0v) is 8.46. The van der Waals surface area contributed by atoms with Crippen LogP contribution in [0.2, 0.25) is 0 Å². The molecule has 0 radical (unpaired) electrons. The monoisotopic (exact) mass is 271 g/mol. The summed E-state index contributed by atoms with van der Waals surface area (Å²) in [6, 6.07) is 0. The molecule has 0 aliphatic rings. The molecule has 10 heteroatoms. The molecule has 0 aliphatic heterocycles. The van der Waals surface area contributed by atoms with Gasteiger partial charge in [0.1, 0.15) is 7.14 Å². The summed E-state index contributed by atoms with van der Waals surface area (Å²) < 4.78 is 82.1. The second kappa shape index (κ2) is 4.65. The Hall–Kier alpha value is -0.720. The molecule has 0 unspecified atom stereocenters. The van der Waals surface area contributed by atoms with Gasteiger partial charge in [-0.3, -0.25) is 0 Å². The van der Waals surface area contributed by atoms with Crippen LogP contribution in [0.4, 0.5) is 26.3 Å². The number of halogens is 6. The maximum absolute atomic E-state index is 11.8. The third-order valence-corrected chi connectivity index (χ3v) is 4.06. The fourth-order valence-electron chi connectivity index (χ4n) is 1.06. The molecule has 0 aromatic rings. The van der Waals surface area contributed by atoms with Crippen molar-refractivity contribution in [1.82, 2.24) is 0 Å². The lowest BCUT2D eigenvalue weighted by molar-refractivity contribution is -0.301. The van der Waals surface area contributed by atoms with E-state index in [0.717, 1.165) is 0 Å². The van der Waals surface area contributed by atoms with E-state index in [1.807, 2.05) is 0 Å². The molecular weight excluding hydrogens is 265 g/mol. The van der Waals surface area contributed by atoms with E-state index in [4.69, 9.17) is 0 Å². The number of carbonyl (C=O) groups is 1. The fourth-order valence-corrected chi connectivity index (χ4v) is 3.17. The van der Waals surface area contributed by atoms with Crippen molar-refractivity contribution in [2.45, 2.75) is 12.4 Å². The summed E-state index contributed by atoms with van der Waals surface area (Å²) >= 11 is 0. The van der Waals surface area contributed by atoms with Crippen LogP contribution in [0.5, 0.6) is 0 Å². The maximum Gasteiger partial charge on any atom is 0.395 e. The van der Waals surface area contributed by atoms with Crippen molar-refractivity contribution < 1.29 is 40.8 Å². The Balaban J connectivity index is 4.90. The van der Waals surface area contributed by atoms with Gasteiger partial charge in [-0.05, 0) is 0 Å². The van der Waals surface area contributed by atoms with E-state index in [-0.39, 0.29) is 0 Å². The molecule has 0 bridgehead atoms. The van der Waals surface area contributed by atoms with Crippen molar-refractivity contribution in [1.29, 1.82) is 0 Å². The minimum atomic E-state index is -5.11. The first-order chi connectivity index (χ1) is 6.83. The van der Waals surface area contributed by atoms with Crippen molar-refractivity contribution in [3.63, 3.8) is 0 Å². The first-order valence-electron chi connectivity index (χ1n) is 3.73. The molecule has 0 aromatic carbocycles. The highest BCUT2D eigenvalue weighted by molar-refractivity contribution is 7.64. The Morgan fingerprint density at radius 3 is 1.50 bits per heavy atom. The van der Waals surface area contributed by atoms with E-state index in [9.17, 15) is 40.8 Å². The predicted molar refractivity (Wildman–Crippen MR) is 39.3 cm³/mol. The molecule has 0 atom stereocenters. The second-order valence-electron chi connectivity index (χ2n) is 3.13. The quantitative estimate of drug-likeness (QED) is 0.570. The van der Waals surface area contributed by atoms with Crippen LogP contribution in [0, 0.1) is 0 Å². The molecule has 0 rings (SSSR count). The number of carboxylic acid groups (broad SMARTS) is 1. The standard InChI is InChI=1S/C6H7F6O3P/c7-5(8,9)2-16(15,1-4(13)14)3-6(10,11)12/h1-3H2,(H,13,14)/p-1. The van der Waals surface area contributed by atoms with Gasteiger partial charge in [-0.25, -0.2) is 0 Å². The van der Waals surface area contributed by atoms with Gasteiger partial charge in [0, 0.05) is 12.1 Å². The summed E-state index contributed by atoms with van der Waals surface area (Å²) in [6.07, 6.45) is -16.5. The number of alkyl halides is 6. The van der Waals surface area contributed by atoms with Crippen molar-refractivity contribution in [2.75, 3.05) is 18.5 Å². The third-order valence-electron chi connectivity index (χ3n) is 1.35. The number of hydrogen-bond acceptors (Lipinski definition) is 3. The minimum absolute atomic E-state index is 1.73. The SMILES string of the molecule is O=C([O-])CP(=O)(CC(F)(F)F)CC(F)(F)F. The van der Waals surface area contributed by atoms with E-state index < -0.39 is 43.9 Å². The number of rotatable bonds is 4. The van der Waals surface area contributed by atoms with Gasteiger partial charge < -0.3 is 14.5 Å². The number of carboxylic acids is 1. The highest BCUT2D eigenvalue weighted by atomic mass is 31.2. The summed E-state index contributed by atoms with van der Waals surface area (Å²) in [7, 11) is -4.93. The van der Waals surface area contributed by atoms with Gasteiger partial charge >= 0.3 is 12.4 Å². The molecule has 16 heavy (non-hydrogen) atoms. The predicted octanol–water partition coefficient (Wildman–Crippen LogP) is 1.22. The van der Waals surface area contributed by atoms with Gasteiger partial charge in [-0.15, -0.1) is 0 Å². The normalized spacial score (nSPS) is 13.9. The summed E-state index contributed by atoms with van der Waals surface area (Å²) in [5.41, 5.74) is 0. The zero-order valence-electron chi connectivity index (χ0n) is 7.56. The highest BCUT2D eigenvalue weighted by Crippen LogP contribution is 2.52. The largest absolute Gasteiger partial charge is 0.550 e. The van der Waals surface area contributed by atoms with Gasteiger partial charge in [0.2, 0.25) is 0 Å². The Morgan fingerprint density at radius 2 is 1.31 bits per heavy atom. The van der Waals surface area contributed by atoms with Crippen LogP contribution in [0.25, 0.3) is 0 Å². The van der Waals surface area contributed by atoms with E-state index >= 15 is 0 Å². The number of carbonyl (C=O) groups excluding carboxylic acids is 1. The Labute approximate surface area is 85.8 Å². The average Bonchev–Trinajstić information content (AvgIpc) is 1.69. The van der Waals surface area contributed by atoms with Crippen LogP contribution in [0.1, 0.15) is 0 Å². The fraction of sp³-hybridized carbons (Fsp3) is 0.833. The van der Waals surface area contributed by atoms with Crippen molar-refractivity contribution in [3.8, 4) is 0 Å². The smallest absolute Gasteiger partial charge is 0.395 e. The van der Waals surface area contributed by atoms with E-state index in [1.165, 1.54) is 0 Å². The minimum Gasteiger partial charge on any atom is -0.550 e. The number of aliphatic carboxylic acids is 1. The summed E-state index contributed by atoms with van der Waals surface area (Å²) in [5, 5.41) is 9.97. The Morgan fingerprint density at radius 1 is 1.00 bits per heavy atom. The number of hydrogen-bond donors (Lipinski definition) is 0. The summed E-state index contributed by atoms with van der Waals surface area (Å²) in [5.74, 6) is -2.20. The van der Waals surface area contributed by atoms with Gasteiger partial charge in [-0.1, -0.05) is 0 Å². The maximum atomic E-state index is 11.8. The van der Waals surface area contributed by atoms with E-state index in [0.29, 0.717) is 0 Å². The molecule has 0 amide bonds. The molecule has 0 saturated heterocycles. The van der Waals surface area contributed by atoms with Gasteiger partial charge in [0.25, 0.3) is 0 Å². The molecule has 0 saturated carbocycles. The molecule has 3 nitrogen and oxygen atoms in total. The first kappa shape index (κ1) is 15.3. The topological polar surface area (TPSA) is 57.2 Å². The third kappa shape index (κ3) is 7.56. The lowest BCUT2D eigenvalue weighted by atomic mass is 10.8. The van der Waals surface area contributed by atoms with Crippen LogP contribution in [0.3, 0.4) is 0 Å². The van der Waals surface area contributed by atoms with E-state index in [2.05, 4.69) is 0 Å². The van der Waals surface area contributed by atoms with Gasteiger partial charge in [0.05, 0.1) is 12.3 Å². The van der Waals surface area contributed by atoms with Crippen LogP contribution in [-0.2, 0) is 9.36 Å². The Kier molecular flexibility index (Phi) is 4.44. The second-order valence-corrected chi connectivity index (χ2v) is 6.20. The van der Waals surface area contributed by atoms with Crippen molar-refractivity contribution in [2.24, 2.45) is 0 Å². The Bertz CT molecular complexity index is 286. The molecule has 0 N–H and O–H groups in total. The molecule has 0 aliphatic carbocycles. The van der Waals surface area contributed by atoms with Crippen LogP contribution < -0.4 is 5.11 Å². The molecule has 0 spiro atoms. The lowest BCUT2D eigenvalue weighted by Crippen LogP contribution is -2.31. The van der Waals surface area contributed by atoms with Gasteiger partial charge in [0.15, 0.2) is 0 Å². The van der Waals surface area contributed by atoms with Crippen LogP contribution >= 0.6 is 7.14 Å². The zero-order chi connectivity index (χ0) is 13.2. The van der Waals surface area contributed by atoms with Crippen molar-refractivity contribution >= 4 is 13.1 Å². The molecule has 96 valence electrons. The highest BCUT2D eigenvalue weighted by Gasteiger charge is 2.45. The van der Waals surface area contributed by atoms with Crippen LogP contribution in [-0.4, -0.2) is 36.8 Å². The van der Waals surface area contributed by atoms with Crippen molar-refractivity contribution in [3.05, 3.63) is 0 Å². The average molecular weight is 271 g/mol. The first-order valence-corrected chi connectivity index (χ1v) is 6.00. The molecule has 0 aromatic heterocycles. The molecular formula is C6H6F6O3P-. The molecule has 0 fully saturated rings. The van der Waals surface area contributed by atoms with Gasteiger partial charge in [-0.2, -0.15) is 26.3 Å².